The molecule has 1 saturated heterocycles. The van der Waals surface area contributed by atoms with Crippen LogP contribution in [0.3, 0.4) is 0 Å². The molecule has 3 aromatic rings. The van der Waals surface area contributed by atoms with E-state index < -0.39 is 17.3 Å². The van der Waals surface area contributed by atoms with Crippen molar-refractivity contribution in [3.8, 4) is 0 Å². The first-order chi connectivity index (χ1) is 17.1. The highest BCUT2D eigenvalue weighted by molar-refractivity contribution is 7.09. The van der Waals surface area contributed by atoms with Crippen LogP contribution in [-0.2, 0) is 16.6 Å². The van der Waals surface area contributed by atoms with E-state index in [1.807, 2.05) is 0 Å². The number of anilines is 1. The summed E-state index contributed by atoms with van der Waals surface area (Å²) in [4.78, 5) is 28.5. The first-order valence-corrected chi connectivity index (χ1v) is 13.0. The predicted octanol–water partition coefficient (Wildman–Crippen LogP) is 4.55. The number of carbonyl (C=O) groups is 1. The van der Waals surface area contributed by atoms with Crippen LogP contribution in [0, 0.1) is 12.8 Å². The van der Waals surface area contributed by atoms with Gasteiger partial charge in [-0.05, 0) is 56.7 Å². The van der Waals surface area contributed by atoms with Crippen molar-refractivity contribution in [3.63, 3.8) is 0 Å². The number of fused-ring (bicyclic) bond motifs is 1. The van der Waals surface area contributed by atoms with Crippen LogP contribution < -0.4 is 5.32 Å². The molecule has 36 heavy (non-hydrogen) atoms. The number of hydrogen-bond acceptors (Lipinski definition) is 8. The van der Waals surface area contributed by atoms with Gasteiger partial charge in [-0.15, -0.1) is 11.3 Å². The van der Waals surface area contributed by atoms with Gasteiger partial charge in [0.1, 0.15) is 17.2 Å². The minimum atomic E-state index is -4.47. The molecular weight excluding hydrogens is 491 g/mol. The van der Waals surface area contributed by atoms with Crippen molar-refractivity contribution in [1.82, 2.24) is 19.9 Å². The van der Waals surface area contributed by atoms with E-state index in [2.05, 4.69) is 25.2 Å². The van der Waals surface area contributed by atoms with E-state index in [0.29, 0.717) is 36.6 Å². The summed E-state index contributed by atoms with van der Waals surface area (Å²) >= 11 is 1.49. The molecule has 3 heterocycles. The summed E-state index contributed by atoms with van der Waals surface area (Å²) in [6.45, 7) is 3.36. The van der Waals surface area contributed by atoms with Gasteiger partial charge in [-0.3, -0.25) is 14.7 Å². The van der Waals surface area contributed by atoms with Crippen molar-refractivity contribution in [2.24, 2.45) is 5.92 Å². The molecule has 5 rings (SSSR count). The lowest BCUT2D eigenvalue weighted by Crippen LogP contribution is -2.54. The maximum absolute atomic E-state index is 13.2. The summed E-state index contributed by atoms with van der Waals surface area (Å²) in [5.41, 5.74) is 0.599. The van der Waals surface area contributed by atoms with Crippen LogP contribution in [0.5, 0.6) is 0 Å². The van der Waals surface area contributed by atoms with E-state index in [4.69, 9.17) is 0 Å². The van der Waals surface area contributed by atoms with E-state index in [1.54, 1.807) is 18.6 Å². The van der Waals surface area contributed by atoms with Crippen molar-refractivity contribution in [2.75, 3.05) is 25.0 Å². The topological polar surface area (TPSA) is 91.2 Å². The Kier molecular flexibility index (Phi) is 6.73. The molecule has 2 N–H and O–H groups in total. The Hall–Kier alpha value is -2.63. The van der Waals surface area contributed by atoms with Crippen LogP contribution in [-0.4, -0.2) is 56.4 Å². The Labute approximate surface area is 210 Å². The number of aromatic nitrogens is 3. The van der Waals surface area contributed by atoms with Gasteiger partial charge in [0.05, 0.1) is 28.0 Å². The molecule has 11 heteroatoms. The van der Waals surface area contributed by atoms with Crippen molar-refractivity contribution in [1.29, 1.82) is 0 Å². The first-order valence-electron chi connectivity index (χ1n) is 12.1. The predicted molar refractivity (Wildman–Crippen MR) is 131 cm³/mol. The number of nitrogens with zero attached hydrogens (tertiary/aromatic N) is 4. The fourth-order valence-corrected chi connectivity index (χ4v) is 6.09. The van der Waals surface area contributed by atoms with E-state index in [1.165, 1.54) is 17.4 Å². The molecule has 2 aliphatic rings. The number of aryl methyl sites for hydroxylation is 1. The lowest BCUT2D eigenvalue weighted by molar-refractivity contribution is -0.137. The fraction of sp³-hybridized carbons (Fsp3) is 0.520. The fourth-order valence-electron chi connectivity index (χ4n) is 5.31. The standard InChI is InChI=1S/C25H28F3N5O2S/c1-15-31-21-3-2-17(25(26,27)28)9-20(21)23(32-15)30-10-19(34)8-16-12-33(13-16)18-4-6-24(35,7-5-18)22-11-29-14-36-22/h2-3,9,11,14,16,18,35H,4-8,10,12-13H2,1H3,(H,30,31,32). The number of rotatable bonds is 7. The van der Waals surface area contributed by atoms with Crippen LogP contribution in [0.2, 0.25) is 0 Å². The number of halogens is 3. The quantitative estimate of drug-likeness (QED) is 0.473. The molecule has 1 aromatic carbocycles. The SMILES string of the molecule is Cc1nc(NCC(=O)CC2CN(C3CCC(O)(c4cncs4)CC3)C2)c2cc(C(F)(F)F)ccc2n1. The second-order valence-electron chi connectivity index (χ2n) is 9.89. The Morgan fingerprint density at radius 2 is 2.00 bits per heavy atom. The van der Waals surface area contributed by atoms with Gasteiger partial charge in [0.25, 0.3) is 0 Å². The number of benzene rings is 1. The first kappa shape index (κ1) is 25.0. The molecule has 192 valence electrons. The normalized spacial score (nSPS) is 23.5. The molecular formula is C25H28F3N5O2S. The zero-order valence-corrected chi connectivity index (χ0v) is 20.7. The van der Waals surface area contributed by atoms with Crippen molar-refractivity contribution in [3.05, 3.63) is 46.2 Å². The van der Waals surface area contributed by atoms with E-state index >= 15 is 0 Å². The molecule has 2 aromatic heterocycles. The second-order valence-corrected chi connectivity index (χ2v) is 10.8. The van der Waals surface area contributed by atoms with E-state index in [9.17, 15) is 23.1 Å². The number of Topliss-reactive ketones (excluding diaryl/α,β-unsaturated/α-hetero) is 1. The van der Waals surface area contributed by atoms with E-state index in [-0.39, 0.29) is 29.4 Å². The third-order valence-electron chi connectivity index (χ3n) is 7.28. The molecule has 1 aliphatic heterocycles. The lowest BCUT2D eigenvalue weighted by Gasteiger charge is -2.48. The number of ketones is 1. The molecule has 0 spiro atoms. The van der Waals surface area contributed by atoms with Gasteiger partial charge in [-0.25, -0.2) is 9.97 Å². The molecule has 0 bridgehead atoms. The highest BCUT2D eigenvalue weighted by Crippen LogP contribution is 2.41. The maximum atomic E-state index is 13.2. The van der Waals surface area contributed by atoms with Crippen LogP contribution >= 0.6 is 11.3 Å². The lowest BCUT2D eigenvalue weighted by atomic mass is 9.79. The summed E-state index contributed by atoms with van der Waals surface area (Å²) in [5, 5.41) is 14.1. The summed E-state index contributed by atoms with van der Waals surface area (Å²) in [5.74, 6) is 0.922. The van der Waals surface area contributed by atoms with Gasteiger partial charge in [0.2, 0.25) is 0 Å². The van der Waals surface area contributed by atoms with E-state index in [0.717, 1.165) is 42.9 Å². The largest absolute Gasteiger partial charge is 0.416 e. The molecule has 0 atom stereocenters. The molecule has 7 nitrogen and oxygen atoms in total. The third kappa shape index (κ3) is 5.23. The summed E-state index contributed by atoms with van der Waals surface area (Å²) in [6.07, 6.45) is 0.953. The van der Waals surface area contributed by atoms with Gasteiger partial charge in [0, 0.05) is 37.1 Å². The zero-order valence-electron chi connectivity index (χ0n) is 19.9. The Bertz CT molecular complexity index is 1240. The average Bonchev–Trinajstić information content (AvgIpc) is 3.35. The van der Waals surface area contributed by atoms with Crippen molar-refractivity contribution >= 4 is 33.8 Å². The minimum absolute atomic E-state index is 0.000689. The molecule has 0 unspecified atom stereocenters. The number of likely N-dealkylation sites (tertiary alicyclic amines) is 1. The number of thiazole rings is 1. The zero-order chi connectivity index (χ0) is 25.5. The smallest absolute Gasteiger partial charge is 0.384 e. The monoisotopic (exact) mass is 519 g/mol. The highest BCUT2D eigenvalue weighted by atomic mass is 32.1. The van der Waals surface area contributed by atoms with Gasteiger partial charge < -0.3 is 10.4 Å². The molecule has 0 radical (unpaired) electrons. The minimum Gasteiger partial charge on any atom is -0.384 e. The average molecular weight is 520 g/mol. The van der Waals surface area contributed by atoms with Crippen LogP contribution in [0.4, 0.5) is 19.0 Å². The maximum Gasteiger partial charge on any atom is 0.416 e. The van der Waals surface area contributed by atoms with Crippen LogP contribution in [0.1, 0.15) is 48.4 Å². The molecule has 1 aliphatic carbocycles. The number of carbonyl (C=O) groups excluding carboxylic acids is 1. The van der Waals surface area contributed by atoms with Gasteiger partial charge in [-0.1, -0.05) is 0 Å². The third-order valence-corrected chi connectivity index (χ3v) is 8.25. The highest BCUT2D eigenvalue weighted by Gasteiger charge is 2.41. The Morgan fingerprint density at radius 1 is 1.25 bits per heavy atom. The Balaban J connectivity index is 1.12. The number of nitrogens with one attached hydrogen (secondary N) is 1. The summed E-state index contributed by atoms with van der Waals surface area (Å²) in [7, 11) is 0. The van der Waals surface area contributed by atoms with Gasteiger partial charge in [-0.2, -0.15) is 13.2 Å². The number of hydrogen-bond donors (Lipinski definition) is 2. The Morgan fingerprint density at radius 3 is 2.67 bits per heavy atom. The van der Waals surface area contributed by atoms with Gasteiger partial charge >= 0.3 is 6.18 Å². The number of aliphatic hydroxyl groups is 1. The molecule has 2 fully saturated rings. The molecule has 0 amide bonds. The van der Waals surface area contributed by atoms with Crippen LogP contribution in [0.25, 0.3) is 10.9 Å². The number of alkyl halides is 3. The van der Waals surface area contributed by atoms with Crippen molar-refractivity contribution < 1.29 is 23.1 Å². The van der Waals surface area contributed by atoms with Gasteiger partial charge in [0.15, 0.2) is 5.78 Å². The van der Waals surface area contributed by atoms with Crippen molar-refractivity contribution in [2.45, 2.75) is 56.8 Å². The summed E-state index contributed by atoms with van der Waals surface area (Å²) in [6, 6.07) is 3.76. The van der Waals surface area contributed by atoms with Crippen LogP contribution in [0.15, 0.2) is 29.9 Å². The molecule has 1 saturated carbocycles. The second kappa shape index (κ2) is 9.68. The summed E-state index contributed by atoms with van der Waals surface area (Å²) < 4.78 is 39.5.